The molecule has 0 aliphatic heterocycles. The second-order valence-corrected chi connectivity index (χ2v) is 7.84. The normalized spacial score (nSPS) is 22.6. The Morgan fingerprint density at radius 2 is 2.00 bits per heavy atom. The maximum Gasteiger partial charge on any atom is 0.155 e. The molecule has 5 nitrogen and oxygen atoms in total. The van der Waals surface area contributed by atoms with E-state index in [9.17, 15) is 0 Å². The zero-order chi connectivity index (χ0) is 19.5. The van der Waals surface area contributed by atoms with Crippen molar-refractivity contribution in [1.82, 2.24) is 15.0 Å². The van der Waals surface area contributed by atoms with E-state index in [1.165, 1.54) is 5.56 Å². The first-order valence-electron chi connectivity index (χ1n) is 9.98. The summed E-state index contributed by atoms with van der Waals surface area (Å²) in [6.45, 7) is 4.37. The number of aromatic nitrogens is 3. The van der Waals surface area contributed by atoms with Crippen LogP contribution in [0.4, 0.5) is 5.82 Å². The lowest BCUT2D eigenvalue weighted by Gasteiger charge is -2.33. The largest absolute Gasteiger partial charge is 0.366 e. The highest BCUT2D eigenvalue weighted by Crippen LogP contribution is 2.29. The molecule has 1 aliphatic rings. The molecule has 0 unspecified atom stereocenters. The number of pyridine rings is 1. The van der Waals surface area contributed by atoms with E-state index in [0.717, 1.165) is 41.7 Å². The molecule has 0 saturated heterocycles. The van der Waals surface area contributed by atoms with Gasteiger partial charge in [-0.3, -0.25) is 4.98 Å². The zero-order valence-corrected chi connectivity index (χ0v) is 16.5. The summed E-state index contributed by atoms with van der Waals surface area (Å²) >= 11 is 0. The number of benzene rings is 1. The highest BCUT2D eigenvalue weighted by molar-refractivity contribution is 5.90. The molecule has 144 valence electrons. The van der Waals surface area contributed by atoms with Crippen LogP contribution >= 0.6 is 0 Å². The minimum Gasteiger partial charge on any atom is -0.366 e. The predicted molar refractivity (Wildman–Crippen MR) is 116 cm³/mol. The van der Waals surface area contributed by atoms with Crippen molar-refractivity contribution in [2.75, 3.05) is 5.32 Å². The molecule has 0 bridgehead atoms. The molecule has 1 aromatic carbocycles. The van der Waals surface area contributed by atoms with Gasteiger partial charge in [0.1, 0.15) is 5.82 Å². The second-order valence-electron chi connectivity index (χ2n) is 7.84. The molecule has 1 saturated carbocycles. The third-order valence-electron chi connectivity index (χ3n) is 5.49. The molecule has 5 heteroatoms. The molecule has 3 atom stereocenters. The highest BCUT2D eigenvalue weighted by Gasteiger charge is 2.26. The Morgan fingerprint density at radius 3 is 2.79 bits per heavy atom. The summed E-state index contributed by atoms with van der Waals surface area (Å²) in [6, 6.07) is 12.9. The highest BCUT2D eigenvalue weighted by atomic mass is 15.1. The van der Waals surface area contributed by atoms with E-state index in [1.54, 1.807) is 6.20 Å². The molecule has 1 fully saturated rings. The van der Waals surface area contributed by atoms with Gasteiger partial charge in [0.05, 0.1) is 11.2 Å². The van der Waals surface area contributed by atoms with Gasteiger partial charge < -0.3 is 11.1 Å². The lowest BCUT2D eigenvalue weighted by molar-refractivity contribution is 0.314. The number of rotatable bonds is 4. The minimum absolute atomic E-state index is 0.314. The Labute approximate surface area is 166 Å². The standard InChI is InChI=1S/C23H27N5/c1-15-6-9-21-19(13-15)23(27-20-10-7-17(24)14-16(20)2)28-22(26-21)11-8-18-5-3-4-12-25-18/h3-6,8-9,11-13,16-17,20H,7,10,14,24H2,1-2H3,(H,26,27,28)/b11-8+/t16-,17-,20+/m0/s1. The first-order chi connectivity index (χ1) is 13.6. The van der Waals surface area contributed by atoms with Crippen molar-refractivity contribution in [3.63, 3.8) is 0 Å². The average Bonchev–Trinajstić information content (AvgIpc) is 2.69. The molecule has 4 rings (SSSR count). The zero-order valence-electron chi connectivity index (χ0n) is 16.5. The van der Waals surface area contributed by atoms with Crippen molar-refractivity contribution in [1.29, 1.82) is 0 Å². The fraction of sp³-hybridized carbons (Fsp3) is 0.348. The number of anilines is 1. The number of fused-ring (bicyclic) bond motifs is 1. The summed E-state index contributed by atoms with van der Waals surface area (Å²) in [4.78, 5) is 13.9. The molecule has 1 aliphatic carbocycles. The third kappa shape index (κ3) is 4.20. The lowest BCUT2D eigenvalue weighted by Crippen LogP contribution is -2.39. The summed E-state index contributed by atoms with van der Waals surface area (Å²) in [5.74, 6) is 2.11. The summed E-state index contributed by atoms with van der Waals surface area (Å²) in [7, 11) is 0. The van der Waals surface area contributed by atoms with Gasteiger partial charge in [-0.2, -0.15) is 0 Å². The number of nitrogens with zero attached hydrogens (tertiary/aromatic N) is 3. The van der Waals surface area contributed by atoms with Crippen molar-refractivity contribution >= 4 is 28.9 Å². The Kier molecular flexibility index (Phi) is 5.35. The minimum atomic E-state index is 0.314. The summed E-state index contributed by atoms with van der Waals surface area (Å²) < 4.78 is 0. The van der Waals surface area contributed by atoms with Crippen molar-refractivity contribution in [3.8, 4) is 0 Å². The van der Waals surface area contributed by atoms with Crippen molar-refractivity contribution in [2.24, 2.45) is 11.7 Å². The third-order valence-corrected chi connectivity index (χ3v) is 5.49. The Morgan fingerprint density at radius 1 is 1.11 bits per heavy atom. The van der Waals surface area contributed by atoms with Gasteiger partial charge in [0.15, 0.2) is 5.82 Å². The van der Waals surface area contributed by atoms with Crippen LogP contribution in [0.25, 0.3) is 23.1 Å². The smallest absolute Gasteiger partial charge is 0.155 e. The van der Waals surface area contributed by atoms with Crippen molar-refractivity contribution in [3.05, 3.63) is 59.7 Å². The van der Waals surface area contributed by atoms with Gasteiger partial charge in [0.2, 0.25) is 0 Å². The maximum absolute atomic E-state index is 6.14. The van der Waals surface area contributed by atoms with Crippen molar-refractivity contribution < 1.29 is 0 Å². The van der Waals surface area contributed by atoms with Crippen LogP contribution in [0, 0.1) is 12.8 Å². The number of nitrogens with one attached hydrogen (secondary N) is 1. The number of nitrogens with two attached hydrogens (primary N) is 1. The summed E-state index contributed by atoms with van der Waals surface area (Å²) in [5, 5.41) is 4.77. The summed E-state index contributed by atoms with van der Waals surface area (Å²) in [5.41, 5.74) is 9.18. The van der Waals surface area contributed by atoms with Crippen LogP contribution in [0.15, 0.2) is 42.6 Å². The van der Waals surface area contributed by atoms with Gasteiger partial charge in [0, 0.05) is 23.7 Å². The van der Waals surface area contributed by atoms with E-state index in [1.807, 2.05) is 30.4 Å². The Hall–Kier alpha value is -2.79. The van der Waals surface area contributed by atoms with Crippen LogP contribution in [-0.2, 0) is 0 Å². The molecule has 0 radical (unpaired) electrons. The molecule has 28 heavy (non-hydrogen) atoms. The van der Waals surface area contributed by atoms with Gasteiger partial charge in [-0.1, -0.05) is 24.6 Å². The van der Waals surface area contributed by atoms with E-state index in [-0.39, 0.29) is 0 Å². The van der Waals surface area contributed by atoms with Crippen LogP contribution < -0.4 is 11.1 Å². The predicted octanol–water partition coefficient (Wildman–Crippen LogP) is 4.43. The molecule has 3 aromatic rings. The van der Waals surface area contributed by atoms with Gasteiger partial charge in [-0.05, 0) is 68.5 Å². The molecular formula is C23H27N5. The molecule has 0 amide bonds. The Balaban J connectivity index is 1.69. The molecular weight excluding hydrogens is 346 g/mol. The molecule has 2 aromatic heterocycles. The summed E-state index contributed by atoms with van der Waals surface area (Å²) in [6.07, 6.45) is 8.82. The van der Waals surface area contributed by atoms with E-state index >= 15 is 0 Å². The van der Waals surface area contributed by atoms with E-state index < -0.39 is 0 Å². The maximum atomic E-state index is 6.14. The first kappa shape index (κ1) is 18.6. The van der Waals surface area contributed by atoms with Crippen LogP contribution in [0.1, 0.15) is 43.3 Å². The topological polar surface area (TPSA) is 76.7 Å². The van der Waals surface area contributed by atoms with E-state index in [2.05, 4.69) is 42.3 Å². The SMILES string of the molecule is Cc1ccc2nc(/C=C/c3ccccn3)nc(N[C@@H]3CC[C@H](N)C[C@@H]3C)c2c1. The van der Waals surface area contributed by atoms with Gasteiger partial charge in [-0.15, -0.1) is 0 Å². The average molecular weight is 374 g/mol. The number of hydrogen-bond donors (Lipinski definition) is 2. The van der Waals surface area contributed by atoms with Crippen molar-refractivity contribution in [2.45, 2.75) is 45.2 Å². The number of hydrogen-bond acceptors (Lipinski definition) is 5. The van der Waals surface area contributed by atoms with Crippen LogP contribution in [0.5, 0.6) is 0 Å². The van der Waals surface area contributed by atoms with Gasteiger partial charge in [0.25, 0.3) is 0 Å². The van der Waals surface area contributed by atoms with Crippen LogP contribution in [0.2, 0.25) is 0 Å². The van der Waals surface area contributed by atoms with Gasteiger partial charge >= 0.3 is 0 Å². The Bertz CT molecular complexity index is 983. The molecule has 3 N–H and O–H groups in total. The van der Waals surface area contributed by atoms with E-state index in [0.29, 0.717) is 23.8 Å². The molecule has 2 heterocycles. The van der Waals surface area contributed by atoms with E-state index in [4.69, 9.17) is 15.7 Å². The van der Waals surface area contributed by atoms with Crippen LogP contribution in [-0.4, -0.2) is 27.0 Å². The lowest BCUT2D eigenvalue weighted by atomic mass is 9.83. The van der Waals surface area contributed by atoms with Crippen LogP contribution in [0.3, 0.4) is 0 Å². The second kappa shape index (κ2) is 8.07. The molecule has 0 spiro atoms. The fourth-order valence-corrected chi connectivity index (χ4v) is 3.91. The monoisotopic (exact) mass is 373 g/mol. The first-order valence-corrected chi connectivity index (χ1v) is 9.98. The number of aryl methyl sites for hydroxylation is 1. The quantitative estimate of drug-likeness (QED) is 0.707. The van der Waals surface area contributed by atoms with Gasteiger partial charge in [-0.25, -0.2) is 9.97 Å². The fourth-order valence-electron chi connectivity index (χ4n) is 3.91.